The number of allylic oxidation sites excluding steroid dienone is 1. The highest BCUT2D eigenvalue weighted by atomic mass is 16.3. The topological polar surface area (TPSA) is 40.5 Å². The monoisotopic (exact) mass is 218 g/mol. The van der Waals surface area contributed by atoms with E-state index in [1.165, 1.54) is 11.1 Å². The SMILES string of the molecule is OC[C@H]1C=C(c2ccccc2)C[C@@H](CO)C1. The molecule has 2 rings (SSSR count). The summed E-state index contributed by atoms with van der Waals surface area (Å²) in [5.41, 5.74) is 2.46. The first-order chi connectivity index (χ1) is 7.83. The summed E-state index contributed by atoms with van der Waals surface area (Å²) in [5.74, 6) is 0.485. The van der Waals surface area contributed by atoms with Gasteiger partial charge in [0.2, 0.25) is 0 Å². The van der Waals surface area contributed by atoms with E-state index < -0.39 is 0 Å². The minimum absolute atomic E-state index is 0.173. The minimum Gasteiger partial charge on any atom is -0.396 e. The Kier molecular flexibility index (Phi) is 3.75. The lowest BCUT2D eigenvalue weighted by atomic mass is 9.81. The molecule has 0 amide bonds. The first kappa shape index (κ1) is 11.4. The van der Waals surface area contributed by atoms with Crippen molar-refractivity contribution in [2.45, 2.75) is 12.8 Å². The van der Waals surface area contributed by atoms with Crippen molar-refractivity contribution in [3.05, 3.63) is 42.0 Å². The molecule has 0 radical (unpaired) electrons. The van der Waals surface area contributed by atoms with E-state index in [0.717, 1.165) is 12.8 Å². The van der Waals surface area contributed by atoms with Gasteiger partial charge in [-0.2, -0.15) is 0 Å². The number of rotatable bonds is 3. The molecule has 2 N–H and O–H groups in total. The van der Waals surface area contributed by atoms with E-state index in [0.29, 0.717) is 0 Å². The Hall–Kier alpha value is -1.12. The average molecular weight is 218 g/mol. The fraction of sp³-hybridized carbons (Fsp3) is 0.429. The van der Waals surface area contributed by atoms with E-state index in [2.05, 4.69) is 18.2 Å². The van der Waals surface area contributed by atoms with Gasteiger partial charge in [0, 0.05) is 19.1 Å². The summed E-state index contributed by atoms with van der Waals surface area (Å²) in [6, 6.07) is 10.2. The molecule has 0 bridgehead atoms. The molecule has 0 saturated carbocycles. The molecule has 0 heterocycles. The first-order valence-corrected chi connectivity index (χ1v) is 5.81. The van der Waals surface area contributed by atoms with Gasteiger partial charge in [0.05, 0.1) is 0 Å². The number of aliphatic hydroxyl groups is 2. The fourth-order valence-electron chi connectivity index (χ4n) is 2.38. The van der Waals surface area contributed by atoms with Crippen molar-refractivity contribution in [2.24, 2.45) is 11.8 Å². The molecule has 1 aliphatic rings. The van der Waals surface area contributed by atoms with Gasteiger partial charge in [-0.05, 0) is 29.9 Å². The van der Waals surface area contributed by atoms with Gasteiger partial charge >= 0.3 is 0 Å². The molecule has 2 nitrogen and oxygen atoms in total. The minimum atomic E-state index is 0.173. The number of hydrogen-bond acceptors (Lipinski definition) is 2. The molecular formula is C14H18O2. The third kappa shape index (κ3) is 2.52. The number of aliphatic hydroxyl groups excluding tert-OH is 2. The van der Waals surface area contributed by atoms with Crippen molar-refractivity contribution < 1.29 is 10.2 Å². The molecule has 1 aromatic rings. The smallest absolute Gasteiger partial charge is 0.0494 e. The molecule has 16 heavy (non-hydrogen) atoms. The molecule has 0 fully saturated rings. The molecule has 0 saturated heterocycles. The summed E-state index contributed by atoms with van der Waals surface area (Å²) in [6.07, 6.45) is 3.96. The predicted octanol–water partition coefficient (Wildman–Crippen LogP) is 2.08. The lowest BCUT2D eigenvalue weighted by Crippen LogP contribution is -2.19. The Labute approximate surface area is 96.2 Å². The maximum atomic E-state index is 9.26. The van der Waals surface area contributed by atoms with Gasteiger partial charge < -0.3 is 10.2 Å². The van der Waals surface area contributed by atoms with Gasteiger partial charge in [0.1, 0.15) is 0 Å². The zero-order valence-corrected chi connectivity index (χ0v) is 9.34. The molecule has 1 aliphatic carbocycles. The maximum Gasteiger partial charge on any atom is 0.0494 e. The molecule has 1 aromatic carbocycles. The highest BCUT2D eigenvalue weighted by Gasteiger charge is 2.21. The van der Waals surface area contributed by atoms with Crippen LogP contribution in [0, 0.1) is 11.8 Å². The van der Waals surface area contributed by atoms with Crippen molar-refractivity contribution in [1.29, 1.82) is 0 Å². The standard InChI is InChI=1S/C14H18O2/c15-9-11-6-12(10-16)8-14(7-11)13-4-2-1-3-5-13/h1-5,7,11-12,15-16H,6,8-10H2/t11-,12+/m1/s1. The van der Waals surface area contributed by atoms with E-state index >= 15 is 0 Å². The molecule has 0 unspecified atom stereocenters. The van der Waals surface area contributed by atoms with Crippen molar-refractivity contribution >= 4 is 5.57 Å². The molecule has 0 spiro atoms. The highest BCUT2D eigenvalue weighted by Crippen LogP contribution is 2.33. The van der Waals surface area contributed by atoms with Gasteiger partial charge in [-0.25, -0.2) is 0 Å². The van der Waals surface area contributed by atoms with Crippen LogP contribution in [-0.2, 0) is 0 Å². The molecular weight excluding hydrogens is 200 g/mol. The lowest BCUT2D eigenvalue weighted by molar-refractivity contribution is 0.175. The average Bonchev–Trinajstić information content (AvgIpc) is 2.39. The van der Waals surface area contributed by atoms with Gasteiger partial charge in [-0.1, -0.05) is 36.4 Å². The molecule has 0 aromatic heterocycles. The summed E-state index contributed by atoms with van der Waals surface area (Å²) in [6.45, 7) is 0.382. The van der Waals surface area contributed by atoms with Crippen LogP contribution in [0.3, 0.4) is 0 Å². The van der Waals surface area contributed by atoms with Crippen molar-refractivity contribution in [3.63, 3.8) is 0 Å². The van der Waals surface area contributed by atoms with E-state index in [-0.39, 0.29) is 25.0 Å². The van der Waals surface area contributed by atoms with Gasteiger partial charge in [-0.3, -0.25) is 0 Å². The fourth-order valence-corrected chi connectivity index (χ4v) is 2.38. The van der Waals surface area contributed by atoms with Crippen LogP contribution in [0.25, 0.3) is 5.57 Å². The Morgan fingerprint density at radius 1 is 1.06 bits per heavy atom. The second-order valence-electron chi connectivity index (χ2n) is 4.49. The van der Waals surface area contributed by atoms with Crippen molar-refractivity contribution in [2.75, 3.05) is 13.2 Å². The summed E-state index contributed by atoms with van der Waals surface area (Å²) in [7, 11) is 0. The predicted molar refractivity (Wildman–Crippen MR) is 64.8 cm³/mol. The Morgan fingerprint density at radius 3 is 2.44 bits per heavy atom. The third-order valence-corrected chi connectivity index (χ3v) is 3.22. The van der Waals surface area contributed by atoms with Gasteiger partial charge in [0.15, 0.2) is 0 Å². The Morgan fingerprint density at radius 2 is 1.81 bits per heavy atom. The summed E-state index contributed by atoms with van der Waals surface area (Å²) in [4.78, 5) is 0. The van der Waals surface area contributed by atoms with E-state index in [1.54, 1.807) is 0 Å². The zero-order chi connectivity index (χ0) is 11.4. The largest absolute Gasteiger partial charge is 0.396 e. The molecule has 0 aliphatic heterocycles. The van der Waals surface area contributed by atoms with Crippen LogP contribution < -0.4 is 0 Å². The molecule has 2 atom stereocenters. The van der Waals surface area contributed by atoms with Crippen LogP contribution in [0.1, 0.15) is 18.4 Å². The van der Waals surface area contributed by atoms with Crippen LogP contribution >= 0.6 is 0 Å². The van der Waals surface area contributed by atoms with Crippen LogP contribution in [-0.4, -0.2) is 23.4 Å². The van der Waals surface area contributed by atoms with E-state index in [1.807, 2.05) is 18.2 Å². The third-order valence-electron chi connectivity index (χ3n) is 3.22. The summed E-state index contributed by atoms with van der Waals surface area (Å²) in [5, 5.41) is 18.5. The maximum absolute atomic E-state index is 9.26. The summed E-state index contributed by atoms with van der Waals surface area (Å²) >= 11 is 0. The summed E-state index contributed by atoms with van der Waals surface area (Å²) < 4.78 is 0. The number of hydrogen-bond donors (Lipinski definition) is 2. The molecule has 2 heteroatoms. The normalized spacial score (nSPS) is 25.2. The van der Waals surface area contributed by atoms with Gasteiger partial charge in [-0.15, -0.1) is 0 Å². The van der Waals surface area contributed by atoms with Crippen LogP contribution in [0.2, 0.25) is 0 Å². The zero-order valence-electron chi connectivity index (χ0n) is 9.34. The second kappa shape index (κ2) is 5.28. The van der Waals surface area contributed by atoms with E-state index in [9.17, 15) is 10.2 Å². The van der Waals surface area contributed by atoms with Crippen LogP contribution in [0.15, 0.2) is 36.4 Å². The Balaban J connectivity index is 2.22. The van der Waals surface area contributed by atoms with Crippen LogP contribution in [0.5, 0.6) is 0 Å². The Bertz CT molecular complexity index is 356. The van der Waals surface area contributed by atoms with Crippen molar-refractivity contribution in [3.8, 4) is 0 Å². The lowest BCUT2D eigenvalue weighted by Gasteiger charge is -2.26. The van der Waals surface area contributed by atoms with E-state index in [4.69, 9.17) is 0 Å². The van der Waals surface area contributed by atoms with Gasteiger partial charge in [0.25, 0.3) is 0 Å². The van der Waals surface area contributed by atoms with Crippen molar-refractivity contribution in [1.82, 2.24) is 0 Å². The molecule has 86 valence electrons. The quantitative estimate of drug-likeness (QED) is 0.815. The highest BCUT2D eigenvalue weighted by molar-refractivity contribution is 5.66. The first-order valence-electron chi connectivity index (χ1n) is 5.81. The second-order valence-corrected chi connectivity index (χ2v) is 4.49. The number of benzene rings is 1. The van der Waals surface area contributed by atoms with Crippen LogP contribution in [0.4, 0.5) is 0 Å².